The van der Waals surface area contributed by atoms with Crippen LogP contribution in [0.4, 0.5) is 0 Å². The molecule has 2 atom stereocenters. The molecule has 0 N–H and O–H groups in total. The van der Waals surface area contributed by atoms with E-state index in [0.29, 0.717) is 13.1 Å². The summed E-state index contributed by atoms with van der Waals surface area (Å²) in [6.07, 6.45) is 6.96. The molecule has 3 rings (SSSR count). The Morgan fingerprint density at radius 3 is 1.65 bits per heavy atom. The highest BCUT2D eigenvalue weighted by molar-refractivity contribution is 7.11. The Hall–Kier alpha value is -2.18. The molecule has 1 fully saturated rings. The summed E-state index contributed by atoms with van der Waals surface area (Å²) < 4.78 is 0. The molecule has 3 heterocycles. The van der Waals surface area contributed by atoms with E-state index in [4.69, 9.17) is 0 Å². The molecule has 0 saturated carbocycles. The minimum atomic E-state index is -0.00854. The molecule has 2 aromatic rings. The molecular formula is C20H22N2O2S2. The summed E-state index contributed by atoms with van der Waals surface area (Å²) in [5.41, 5.74) is 0. The Labute approximate surface area is 162 Å². The van der Waals surface area contributed by atoms with E-state index in [2.05, 4.69) is 0 Å². The number of nitrogens with zero attached hydrogens (tertiary/aromatic N) is 2. The molecule has 136 valence electrons. The Bertz CT molecular complexity index is 726. The summed E-state index contributed by atoms with van der Waals surface area (Å²) in [6.45, 7) is 5.08. The number of rotatable bonds is 4. The molecule has 1 aliphatic rings. The molecule has 2 aromatic heterocycles. The molecule has 4 nitrogen and oxygen atoms in total. The number of carbonyl (C=O) groups is 2. The smallest absolute Gasteiger partial charge is 0.246 e. The molecule has 0 bridgehead atoms. The predicted octanol–water partition coefficient (Wildman–Crippen LogP) is 3.98. The van der Waals surface area contributed by atoms with Crippen molar-refractivity contribution in [3.05, 3.63) is 56.9 Å². The third kappa shape index (κ3) is 4.51. The van der Waals surface area contributed by atoms with Crippen LogP contribution < -0.4 is 0 Å². The van der Waals surface area contributed by atoms with Gasteiger partial charge in [0.2, 0.25) is 11.8 Å². The zero-order valence-electron chi connectivity index (χ0n) is 14.9. The molecule has 0 spiro atoms. The molecule has 0 radical (unpaired) electrons. The Balaban J connectivity index is 1.61. The van der Waals surface area contributed by atoms with Crippen molar-refractivity contribution in [3.8, 4) is 0 Å². The monoisotopic (exact) mass is 386 g/mol. The van der Waals surface area contributed by atoms with Gasteiger partial charge in [-0.3, -0.25) is 9.59 Å². The maximum absolute atomic E-state index is 12.5. The van der Waals surface area contributed by atoms with Crippen LogP contribution in [0.25, 0.3) is 12.2 Å². The van der Waals surface area contributed by atoms with E-state index in [1.165, 1.54) is 0 Å². The van der Waals surface area contributed by atoms with Gasteiger partial charge in [0.05, 0.1) is 0 Å². The topological polar surface area (TPSA) is 40.6 Å². The van der Waals surface area contributed by atoms with Gasteiger partial charge in [-0.05, 0) is 48.9 Å². The fourth-order valence-electron chi connectivity index (χ4n) is 3.01. The largest absolute Gasteiger partial charge is 0.333 e. The zero-order chi connectivity index (χ0) is 18.5. The Kier molecular flexibility index (Phi) is 6.06. The third-order valence-electron chi connectivity index (χ3n) is 4.42. The van der Waals surface area contributed by atoms with Gasteiger partial charge in [0.15, 0.2) is 0 Å². The lowest BCUT2D eigenvalue weighted by atomic mass is 10.1. The first-order valence-electron chi connectivity index (χ1n) is 8.59. The number of hydrogen-bond donors (Lipinski definition) is 0. The van der Waals surface area contributed by atoms with Crippen molar-refractivity contribution in [2.24, 2.45) is 0 Å². The van der Waals surface area contributed by atoms with Gasteiger partial charge in [0, 0.05) is 47.1 Å². The van der Waals surface area contributed by atoms with E-state index < -0.39 is 0 Å². The summed E-state index contributed by atoms with van der Waals surface area (Å²) in [4.78, 5) is 30.9. The summed E-state index contributed by atoms with van der Waals surface area (Å²) in [5, 5.41) is 3.98. The van der Waals surface area contributed by atoms with Crippen LogP contribution in [0.5, 0.6) is 0 Å². The van der Waals surface area contributed by atoms with Crippen LogP contribution in [0, 0.1) is 0 Å². The van der Waals surface area contributed by atoms with Crippen LogP contribution in [0.15, 0.2) is 47.2 Å². The summed E-state index contributed by atoms with van der Waals surface area (Å²) >= 11 is 3.21. The van der Waals surface area contributed by atoms with Crippen LogP contribution >= 0.6 is 22.7 Å². The van der Waals surface area contributed by atoms with E-state index in [-0.39, 0.29) is 23.9 Å². The van der Waals surface area contributed by atoms with Crippen LogP contribution in [0.1, 0.15) is 23.6 Å². The Morgan fingerprint density at radius 1 is 0.885 bits per heavy atom. The van der Waals surface area contributed by atoms with Gasteiger partial charge in [0.25, 0.3) is 0 Å². The van der Waals surface area contributed by atoms with Crippen molar-refractivity contribution >= 4 is 46.6 Å². The van der Waals surface area contributed by atoms with Crippen LogP contribution in [0.3, 0.4) is 0 Å². The number of amides is 2. The van der Waals surface area contributed by atoms with Gasteiger partial charge in [0.1, 0.15) is 0 Å². The third-order valence-corrected chi connectivity index (χ3v) is 6.09. The van der Waals surface area contributed by atoms with Crippen molar-refractivity contribution in [3.63, 3.8) is 0 Å². The van der Waals surface area contributed by atoms with Crippen molar-refractivity contribution < 1.29 is 9.59 Å². The second-order valence-electron chi connectivity index (χ2n) is 6.38. The number of carbonyl (C=O) groups excluding carboxylic acids is 2. The maximum atomic E-state index is 12.5. The van der Waals surface area contributed by atoms with E-state index in [9.17, 15) is 9.59 Å². The van der Waals surface area contributed by atoms with Crippen molar-refractivity contribution in [1.82, 2.24) is 9.80 Å². The average Bonchev–Trinajstić information content (AvgIpc) is 3.32. The van der Waals surface area contributed by atoms with E-state index in [1.807, 2.05) is 70.8 Å². The highest BCUT2D eigenvalue weighted by Crippen LogP contribution is 2.18. The molecule has 0 aromatic carbocycles. The van der Waals surface area contributed by atoms with Crippen molar-refractivity contribution in [2.75, 3.05) is 13.1 Å². The van der Waals surface area contributed by atoms with Crippen molar-refractivity contribution in [1.29, 1.82) is 0 Å². The molecule has 1 aliphatic heterocycles. The van der Waals surface area contributed by atoms with Gasteiger partial charge in [-0.1, -0.05) is 12.1 Å². The molecule has 2 unspecified atom stereocenters. The van der Waals surface area contributed by atoms with Crippen LogP contribution in [-0.4, -0.2) is 46.8 Å². The zero-order valence-corrected chi connectivity index (χ0v) is 16.5. The lowest BCUT2D eigenvalue weighted by Gasteiger charge is -2.43. The quantitative estimate of drug-likeness (QED) is 0.746. The average molecular weight is 387 g/mol. The Morgan fingerprint density at radius 2 is 1.31 bits per heavy atom. The molecule has 2 amide bonds. The molecule has 26 heavy (non-hydrogen) atoms. The molecule has 0 aliphatic carbocycles. The first-order valence-corrected chi connectivity index (χ1v) is 10.3. The SMILES string of the molecule is CC1CN(C(=O)C=Cc2cccs2)C(C)CN1C(=O)C=Cc1cccs1. The highest BCUT2D eigenvalue weighted by Gasteiger charge is 2.32. The molecule has 1 saturated heterocycles. The van der Waals surface area contributed by atoms with E-state index >= 15 is 0 Å². The van der Waals surface area contributed by atoms with E-state index in [1.54, 1.807) is 34.8 Å². The van der Waals surface area contributed by atoms with Gasteiger partial charge in [-0.2, -0.15) is 0 Å². The lowest BCUT2D eigenvalue weighted by molar-refractivity contribution is -0.139. The first-order chi connectivity index (χ1) is 12.5. The van der Waals surface area contributed by atoms with Gasteiger partial charge in [-0.15, -0.1) is 22.7 Å². The first kappa shape index (κ1) is 18.6. The van der Waals surface area contributed by atoms with Gasteiger partial charge < -0.3 is 9.80 Å². The van der Waals surface area contributed by atoms with Gasteiger partial charge in [-0.25, -0.2) is 0 Å². The molecule has 6 heteroatoms. The molecular weight excluding hydrogens is 364 g/mol. The second-order valence-corrected chi connectivity index (χ2v) is 8.34. The summed E-state index contributed by atoms with van der Waals surface area (Å²) in [6, 6.07) is 7.88. The summed E-state index contributed by atoms with van der Waals surface area (Å²) in [7, 11) is 0. The fourth-order valence-corrected chi connectivity index (χ4v) is 4.25. The fraction of sp³-hybridized carbons (Fsp3) is 0.300. The van der Waals surface area contributed by atoms with Gasteiger partial charge >= 0.3 is 0 Å². The second kappa shape index (κ2) is 8.47. The normalized spacial score (nSPS) is 21.0. The minimum Gasteiger partial charge on any atom is -0.333 e. The van der Waals surface area contributed by atoms with Crippen LogP contribution in [0.2, 0.25) is 0 Å². The highest BCUT2D eigenvalue weighted by atomic mass is 32.1. The number of hydrogen-bond acceptors (Lipinski definition) is 4. The van der Waals surface area contributed by atoms with Crippen LogP contribution in [-0.2, 0) is 9.59 Å². The minimum absolute atomic E-state index is 0.000948. The summed E-state index contributed by atoms with van der Waals surface area (Å²) in [5.74, 6) is -0.00190. The predicted molar refractivity (Wildman–Crippen MR) is 109 cm³/mol. The lowest BCUT2D eigenvalue weighted by Crippen LogP contribution is -2.59. The van der Waals surface area contributed by atoms with E-state index in [0.717, 1.165) is 9.75 Å². The standard InChI is InChI=1S/C20H22N2O2S2/c1-15-13-22(20(24)10-8-18-6-4-12-26-18)16(2)14-21(15)19(23)9-7-17-5-3-11-25-17/h3-12,15-16H,13-14H2,1-2H3. The maximum Gasteiger partial charge on any atom is 0.246 e. The number of thiophene rings is 2. The number of piperazine rings is 1. The van der Waals surface area contributed by atoms with Crippen molar-refractivity contribution in [2.45, 2.75) is 25.9 Å².